The molecular formula is C92H92Br3Cl5N18O12. The van der Waals surface area contributed by atoms with Crippen molar-refractivity contribution in [3.8, 4) is 0 Å². The Kier molecular flexibility index (Phi) is 42.4. The lowest BCUT2D eigenvalue weighted by atomic mass is 10.1. The second kappa shape index (κ2) is 53.5. The number of anilines is 3. The average Bonchev–Trinajstić information content (AvgIpc) is 1.62. The largest absolute Gasteiger partial charge is 1.00 e. The summed E-state index contributed by atoms with van der Waals surface area (Å²) in [5.41, 5.74) is 14.9. The molecule has 5 heterocycles. The third kappa shape index (κ3) is 32.9. The van der Waals surface area contributed by atoms with E-state index in [1.807, 2.05) is 124 Å². The maximum absolute atomic E-state index is 12.0. The molecule has 130 heavy (non-hydrogen) atoms. The van der Waals surface area contributed by atoms with Crippen LogP contribution in [0, 0.1) is 13.8 Å². The van der Waals surface area contributed by atoms with Crippen LogP contribution in [-0.2, 0) is 25.7 Å². The van der Waals surface area contributed by atoms with Crippen molar-refractivity contribution in [2.75, 3.05) is 26.6 Å². The number of para-hydroxylation sites is 3. The predicted octanol–water partition coefficient (Wildman–Crippen LogP) is 19.1. The number of benzene rings is 11. The quantitative estimate of drug-likeness (QED) is 0.00529. The number of carbonyl (C=O) groups excluding carboxylic acids is 7. The van der Waals surface area contributed by atoms with E-state index >= 15 is 0 Å². The van der Waals surface area contributed by atoms with Crippen molar-refractivity contribution in [1.82, 2.24) is 61.1 Å². The van der Waals surface area contributed by atoms with Gasteiger partial charge in [-0.15, -0.1) is 15.3 Å². The fourth-order valence-electron chi connectivity index (χ4n) is 12.1. The van der Waals surface area contributed by atoms with E-state index in [4.69, 9.17) is 87.1 Å². The smallest absolute Gasteiger partial charge is 0.475 e. The normalized spacial score (nSPS) is 10.5. The molecule has 8 amide bonds. The molecule has 0 unspecified atom stereocenters. The van der Waals surface area contributed by atoms with Crippen LogP contribution in [0.4, 0.5) is 37.1 Å². The van der Waals surface area contributed by atoms with E-state index in [2.05, 4.69) is 146 Å². The highest BCUT2D eigenvalue weighted by atomic mass is 79.9. The minimum absolute atomic E-state index is 0. The number of oxazole rings is 2. The van der Waals surface area contributed by atoms with Gasteiger partial charge in [0.25, 0.3) is 5.52 Å². The minimum atomic E-state index is -1.76. The third-order valence-electron chi connectivity index (χ3n) is 18.3. The number of urea groups is 3. The fraction of sp³-hybridized carbons (Fsp3) is 0.228. The van der Waals surface area contributed by atoms with Gasteiger partial charge in [0.05, 0.1) is 19.0 Å². The number of halogens is 8. The van der Waals surface area contributed by atoms with Gasteiger partial charge in [-0.1, -0.05) is 205 Å². The van der Waals surface area contributed by atoms with E-state index in [1.54, 1.807) is 97.1 Å². The van der Waals surface area contributed by atoms with Crippen LogP contribution in [0.3, 0.4) is 0 Å². The maximum Gasteiger partial charge on any atom is 0.475 e. The monoisotopic (exact) mass is 2050 g/mol. The Morgan fingerprint density at radius 2 is 0.854 bits per heavy atom. The zero-order chi connectivity index (χ0) is 91.2. The summed E-state index contributed by atoms with van der Waals surface area (Å²) in [6.45, 7) is 6.48. The molecule has 30 nitrogen and oxygen atoms in total. The molecule has 11 aromatic carbocycles. The number of carbonyl (C=O) groups is 6. The molecule has 0 aliphatic rings. The van der Waals surface area contributed by atoms with E-state index in [1.165, 1.54) is 36.8 Å². The number of nitrogens with two attached hydrogens (primary N) is 1. The highest BCUT2D eigenvalue weighted by Gasteiger charge is 2.42. The molecule has 16 rings (SSSR count). The van der Waals surface area contributed by atoms with Gasteiger partial charge in [0.15, 0.2) is 18.0 Å². The topological polar surface area (TPSA) is 381 Å². The lowest BCUT2D eigenvalue weighted by Gasteiger charge is -2.29. The summed E-state index contributed by atoms with van der Waals surface area (Å²) in [6.07, 6.45) is 11.3. The predicted molar refractivity (Wildman–Crippen MR) is 512 cm³/mol. The molecule has 5 aromatic heterocycles. The number of hydrogen-bond donors (Lipinski definition) is 6. The average molecular weight is 2060 g/mol. The van der Waals surface area contributed by atoms with Gasteiger partial charge < -0.3 is 62.0 Å². The van der Waals surface area contributed by atoms with E-state index < -0.39 is 24.1 Å². The summed E-state index contributed by atoms with van der Waals surface area (Å²) in [5, 5.41) is 45.9. The molecule has 38 heteroatoms. The van der Waals surface area contributed by atoms with Crippen LogP contribution in [0.2, 0.25) is 20.1 Å². The Balaban J connectivity index is 0.000000198. The molecule has 0 bridgehead atoms. The van der Waals surface area contributed by atoms with Gasteiger partial charge in [-0.05, 0) is 239 Å². The van der Waals surface area contributed by atoms with Crippen LogP contribution >= 0.6 is 89.9 Å². The molecule has 0 spiro atoms. The number of hydrogen-bond acceptors (Lipinski definition) is 20. The summed E-state index contributed by atoms with van der Waals surface area (Å²) in [7, 11) is 0. The number of nitrogens with one attached hydrogen (secondary N) is 5. The standard InChI is InChI=1S/C25H24ClN3O3.C21H17N9O3.C13H16BrClN2O2.C12H9NO.C7H7ClN2O.C7H4ClNO.C6H10BrClO.CH4.BrH/c1-17-29(22-15-18-7-4-5-8-19(18)16-23(22)32-17)14-6-2-3-9-24(30)28-25(31)27-21-12-10-20(26)11-13-21;1-2-21(31-28-18-12-6-3-9-15(18)22-25-28,32-29-19-13-7-4-10-16(19)23-26-29)33-30-20-14-8-5-11-17(20)24-27-30;14-9-3-1-2-4-12(18)17-13(19)16-11-7-5-10(15)6-8-11;1-8-13-11-6-9-4-2-3-5-10(9)7-12(11)14-8;8-5-1-3-6(4-2-5)10-7(9)11;8-6-1-3-7(4-2-6)9-5-10;7-5-3-1-2-4-6(8)9;;/h4-5,7-8,10-13,15-16H,2-3,6,9,14H2,1H3,(H-,27,28,30,31);3-14H,2H2,1H3;5-8H,1-4,9H2,(H2,16,17,18,19);2-7H,1H3;1-4H,(H3,9,10,11);1-4H;1-5H2;1H4;1H. The van der Waals surface area contributed by atoms with Crippen molar-refractivity contribution in [3.63, 3.8) is 0 Å². The molecule has 0 radical (unpaired) electrons. The number of unbranched alkanes of at least 4 members (excludes halogenated alkanes) is 6. The summed E-state index contributed by atoms with van der Waals surface area (Å²) in [5.74, 6) is -0.729. The molecule has 7 N–H and O–H groups in total. The lowest BCUT2D eigenvalue weighted by Crippen LogP contribution is -3.00. The number of amides is 8. The van der Waals surface area contributed by atoms with Gasteiger partial charge in [-0.3, -0.25) is 25.0 Å². The number of alkyl halides is 2. The van der Waals surface area contributed by atoms with Crippen molar-refractivity contribution in [2.24, 2.45) is 10.7 Å². The number of imide groups is 2. The minimum Gasteiger partial charge on any atom is -1.00 e. The third-order valence-corrected chi connectivity index (χ3v) is 20.7. The van der Waals surface area contributed by atoms with Crippen molar-refractivity contribution in [1.29, 1.82) is 0 Å². The van der Waals surface area contributed by atoms with Crippen molar-refractivity contribution < 1.29 is 78.5 Å². The summed E-state index contributed by atoms with van der Waals surface area (Å²) in [6, 6.07) is 71.9. The number of nitrogens with zero attached hydrogens (tertiary/aromatic N) is 12. The Morgan fingerprint density at radius 3 is 1.26 bits per heavy atom. The van der Waals surface area contributed by atoms with Gasteiger partial charge in [0.2, 0.25) is 28.7 Å². The first-order valence-corrected chi connectivity index (χ1v) is 44.4. The van der Waals surface area contributed by atoms with E-state index in [9.17, 15) is 33.6 Å². The van der Waals surface area contributed by atoms with Crippen molar-refractivity contribution >= 4 is 231 Å². The number of isocyanates is 1. The van der Waals surface area contributed by atoms with Crippen LogP contribution in [0.1, 0.15) is 110 Å². The molecule has 0 saturated heterocycles. The number of aryl methyl sites for hydroxylation is 3. The van der Waals surface area contributed by atoms with Gasteiger partial charge in [0, 0.05) is 86.5 Å². The van der Waals surface area contributed by atoms with Crippen molar-refractivity contribution in [2.45, 2.75) is 124 Å². The molecule has 0 fully saturated rings. The summed E-state index contributed by atoms with van der Waals surface area (Å²) in [4.78, 5) is 107. The SMILES string of the molecule is C.CCC(On1nnc2ccccc21)(On1nnc2ccccc21)On1nnc2ccccc21.Cc1nc2cc3ccccc3cc2o1.Cc1oc2cc3ccccc3cc2[n+]1CCCCCC(=O)NC(=O)Nc1ccc(Cl)cc1.NC(=O)Nc1ccc(Cl)cc1.O=C(CCCCCBr)NC(=O)Nc1ccc(Cl)cc1.O=C(Cl)CCCCCBr.O=C=Nc1ccc(Cl)cc1.[Br-]. The zero-order valence-electron chi connectivity index (χ0n) is 69.8. The van der Waals surface area contributed by atoms with E-state index in [0.717, 1.165) is 108 Å². The Hall–Kier alpha value is -12.4. The zero-order valence-corrected chi connectivity index (χ0v) is 78.3. The highest BCUT2D eigenvalue weighted by Crippen LogP contribution is 2.27. The molecule has 0 atom stereocenters. The van der Waals surface area contributed by atoms with Gasteiger partial charge in [-0.25, -0.2) is 24.2 Å². The van der Waals surface area contributed by atoms with Gasteiger partial charge in [-0.2, -0.15) is 9.56 Å². The number of fused-ring (bicyclic) bond motifs is 7. The van der Waals surface area contributed by atoms with Gasteiger partial charge in [0.1, 0.15) is 38.6 Å². The summed E-state index contributed by atoms with van der Waals surface area (Å²) < 4.78 is 13.6. The van der Waals surface area contributed by atoms with Gasteiger partial charge >= 0.3 is 30.0 Å². The first-order valence-electron chi connectivity index (χ1n) is 40.2. The molecule has 0 saturated carbocycles. The maximum atomic E-state index is 12.0. The van der Waals surface area contributed by atoms with Crippen LogP contribution in [0.15, 0.2) is 256 Å². The molecule has 16 aromatic rings. The van der Waals surface area contributed by atoms with Crippen LogP contribution in [0.5, 0.6) is 0 Å². The van der Waals surface area contributed by atoms with E-state index in [-0.39, 0.29) is 47.9 Å². The molecule has 0 aliphatic carbocycles. The number of rotatable bonds is 27. The number of aromatic nitrogens is 11. The summed E-state index contributed by atoms with van der Waals surface area (Å²) >= 11 is 34.5. The Labute approximate surface area is 800 Å². The molecule has 0 aliphatic heterocycles. The van der Waals surface area contributed by atoms with Crippen LogP contribution < -0.4 is 68.4 Å². The number of primary amides is 1. The van der Waals surface area contributed by atoms with E-state index in [0.29, 0.717) is 102 Å². The first-order chi connectivity index (χ1) is 62.0. The lowest BCUT2D eigenvalue weighted by molar-refractivity contribution is -0.683. The first kappa shape index (κ1) is 103. The van der Waals surface area contributed by atoms with Crippen LogP contribution in [0.25, 0.3) is 76.8 Å². The van der Waals surface area contributed by atoms with Crippen molar-refractivity contribution in [3.05, 3.63) is 275 Å². The van der Waals surface area contributed by atoms with Crippen LogP contribution in [-0.4, -0.2) is 108 Å². The molecular weight excluding hydrogens is 1970 g/mol. The molecule has 678 valence electrons. The highest BCUT2D eigenvalue weighted by molar-refractivity contribution is 9.09. The number of aliphatic imine (C=N–C) groups is 1. The fourth-order valence-corrected chi connectivity index (χ4v) is 13.5. The Bertz CT molecular complexity index is 6170. The second-order valence-electron chi connectivity index (χ2n) is 27.9. The Morgan fingerprint density at radius 1 is 0.477 bits per heavy atom. The second-order valence-corrected chi connectivity index (χ2v) is 31.6.